The third-order valence-electron chi connectivity index (χ3n) is 2.40. The van der Waals surface area contributed by atoms with Gasteiger partial charge in [-0.2, -0.15) is 0 Å². The highest BCUT2D eigenvalue weighted by atomic mass is 35.5. The van der Waals surface area contributed by atoms with E-state index in [-0.39, 0.29) is 5.00 Å². The molecule has 2 aromatic rings. The molecule has 0 atom stereocenters. The lowest BCUT2D eigenvalue weighted by molar-refractivity contribution is -0.380. The monoisotopic (exact) mass is 342 g/mol. The van der Waals surface area contributed by atoms with Crippen molar-refractivity contribution in [3.63, 3.8) is 0 Å². The van der Waals surface area contributed by atoms with Crippen LogP contribution in [0.25, 0.3) is 6.08 Å². The number of anilines is 1. The summed E-state index contributed by atoms with van der Waals surface area (Å²) in [5, 5.41) is 13.8. The summed E-state index contributed by atoms with van der Waals surface area (Å²) in [4.78, 5) is 22.5. The van der Waals surface area contributed by atoms with Crippen molar-refractivity contribution < 1.29 is 9.72 Å². The summed E-state index contributed by atoms with van der Waals surface area (Å²) in [7, 11) is 0. The second kappa shape index (κ2) is 6.71. The molecule has 0 saturated heterocycles. The zero-order valence-corrected chi connectivity index (χ0v) is 12.7. The van der Waals surface area contributed by atoms with Gasteiger partial charge in [0.05, 0.1) is 20.7 Å². The number of halogens is 2. The lowest BCUT2D eigenvalue weighted by atomic mass is 10.3. The average molecular weight is 343 g/mol. The Labute approximate surface area is 134 Å². The number of para-hydroxylation sites is 1. The summed E-state index contributed by atoms with van der Waals surface area (Å²) in [6.07, 6.45) is 2.74. The molecule has 0 bridgehead atoms. The first-order valence-electron chi connectivity index (χ1n) is 5.64. The summed E-state index contributed by atoms with van der Waals surface area (Å²) >= 11 is 12.8. The topological polar surface area (TPSA) is 72.2 Å². The van der Waals surface area contributed by atoms with Crippen LogP contribution in [0.3, 0.4) is 0 Å². The van der Waals surface area contributed by atoms with E-state index in [1.54, 1.807) is 24.3 Å². The molecule has 1 aromatic heterocycles. The van der Waals surface area contributed by atoms with E-state index < -0.39 is 10.8 Å². The molecule has 0 aliphatic carbocycles. The molecule has 0 aliphatic rings. The first-order chi connectivity index (χ1) is 9.97. The number of thiophene rings is 1. The van der Waals surface area contributed by atoms with Crippen molar-refractivity contribution in [1.82, 2.24) is 0 Å². The summed E-state index contributed by atoms with van der Waals surface area (Å²) in [5.41, 5.74) is 0.327. The molecule has 8 heteroatoms. The van der Waals surface area contributed by atoms with Gasteiger partial charge in [-0.1, -0.05) is 40.6 Å². The van der Waals surface area contributed by atoms with Crippen LogP contribution >= 0.6 is 34.5 Å². The molecular weight excluding hydrogens is 335 g/mol. The van der Waals surface area contributed by atoms with Crippen LogP contribution in [-0.4, -0.2) is 10.8 Å². The fraction of sp³-hybridized carbons (Fsp3) is 0. The van der Waals surface area contributed by atoms with Crippen LogP contribution in [0.2, 0.25) is 10.0 Å². The summed E-state index contributed by atoms with van der Waals surface area (Å²) < 4.78 is 0. The predicted octanol–water partition coefficient (Wildman–Crippen LogP) is 4.62. The highest BCUT2D eigenvalue weighted by molar-refractivity contribution is 7.16. The predicted molar refractivity (Wildman–Crippen MR) is 85.1 cm³/mol. The summed E-state index contributed by atoms with van der Waals surface area (Å²) in [5.74, 6) is -0.430. The van der Waals surface area contributed by atoms with Gasteiger partial charge in [0.2, 0.25) is 5.91 Å². The Balaban J connectivity index is 2.07. The third-order valence-corrected chi connectivity index (χ3v) is 4.03. The van der Waals surface area contributed by atoms with E-state index in [0.717, 1.165) is 11.3 Å². The summed E-state index contributed by atoms with van der Waals surface area (Å²) in [6, 6.07) is 7.83. The van der Waals surface area contributed by atoms with E-state index >= 15 is 0 Å². The molecule has 0 radical (unpaired) electrons. The standard InChI is InChI=1S/C13H8Cl2N2O3S/c14-9-2-1-3-10(15)13(9)16-11(18)6-4-8-5-7-12(21-8)17(19)20/h1-7H,(H,16,18)/b6-4+. The first kappa shape index (κ1) is 15.5. The van der Waals surface area contributed by atoms with E-state index in [1.165, 1.54) is 18.2 Å². The van der Waals surface area contributed by atoms with Gasteiger partial charge in [0.15, 0.2) is 0 Å². The molecule has 21 heavy (non-hydrogen) atoms. The minimum atomic E-state index is -0.481. The minimum Gasteiger partial charge on any atom is -0.320 e. The Morgan fingerprint density at radius 2 is 1.90 bits per heavy atom. The van der Waals surface area contributed by atoms with Crippen LogP contribution in [0.4, 0.5) is 10.7 Å². The van der Waals surface area contributed by atoms with Gasteiger partial charge >= 0.3 is 5.00 Å². The number of hydrogen-bond donors (Lipinski definition) is 1. The maximum Gasteiger partial charge on any atom is 0.324 e. The van der Waals surface area contributed by atoms with Crippen molar-refractivity contribution in [2.24, 2.45) is 0 Å². The Hall–Kier alpha value is -1.89. The normalized spacial score (nSPS) is 10.8. The quantitative estimate of drug-likeness (QED) is 0.500. The van der Waals surface area contributed by atoms with Gasteiger partial charge in [-0.15, -0.1) is 0 Å². The van der Waals surface area contributed by atoms with Crippen molar-refractivity contribution >= 4 is 57.2 Å². The zero-order valence-electron chi connectivity index (χ0n) is 10.4. The van der Waals surface area contributed by atoms with E-state index in [4.69, 9.17) is 23.2 Å². The maximum atomic E-state index is 11.8. The highest BCUT2D eigenvalue weighted by Gasteiger charge is 2.09. The molecule has 1 amide bonds. The number of benzene rings is 1. The van der Waals surface area contributed by atoms with Crippen LogP contribution in [0.1, 0.15) is 4.88 Å². The molecule has 1 N–H and O–H groups in total. The van der Waals surface area contributed by atoms with Gasteiger partial charge in [0.25, 0.3) is 0 Å². The second-order valence-electron chi connectivity index (χ2n) is 3.85. The molecule has 2 rings (SSSR count). The van der Waals surface area contributed by atoms with E-state index in [1.807, 2.05) is 0 Å². The van der Waals surface area contributed by atoms with E-state index in [9.17, 15) is 14.9 Å². The van der Waals surface area contributed by atoms with Gasteiger partial charge in [-0.05, 0) is 24.3 Å². The molecule has 0 aliphatic heterocycles. The number of hydrogen-bond acceptors (Lipinski definition) is 4. The van der Waals surface area contributed by atoms with Gasteiger partial charge in [0, 0.05) is 17.0 Å². The van der Waals surface area contributed by atoms with Crippen LogP contribution < -0.4 is 5.32 Å². The lowest BCUT2D eigenvalue weighted by Gasteiger charge is -2.06. The molecule has 0 unspecified atom stereocenters. The number of nitrogens with one attached hydrogen (secondary N) is 1. The Morgan fingerprint density at radius 1 is 1.24 bits per heavy atom. The van der Waals surface area contributed by atoms with Gasteiger partial charge in [-0.3, -0.25) is 14.9 Å². The van der Waals surface area contributed by atoms with Crippen LogP contribution in [0.15, 0.2) is 36.4 Å². The molecular formula is C13H8Cl2N2O3S. The highest BCUT2D eigenvalue weighted by Crippen LogP contribution is 2.30. The average Bonchev–Trinajstić information content (AvgIpc) is 2.90. The molecule has 0 saturated carbocycles. The number of nitrogens with zero attached hydrogens (tertiary/aromatic N) is 1. The Morgan fingerprint density at radius 3 is 2.48 bits per heavy atom. The van der Waals surface area contributed by atoms with Crippen molar-refractivity contribution in [1.29, 1.82) is 0 Å². The fourth-order valence-electron chi connectivity index (χ4n) is 1.47. The second-order valence-corrected chi connectivity index (χ2v) is 5.76. The van der Waals surface area contributed by atoms with Gasteiger partial charge in [0.1, 0.15) is 0 Å². The number of amides is 1. The number of carbonyl (C=O) groups is 1. The van der Waals surface area contributed by atoms with Crippen LogP contribution in [-0.2, 0) is 4.79 Å². The van der Waals surface area contributed by atoms with Crippen molar-refractivity contribution in [3.05, 3.63) is 61.4 Å². The first-order valence-corrected chi connectivity index (χ1v) is 7.22. The molecule has 0 fully saturated rings. The molecule has 1 aromatic carbocycles. The smallest absolute Gasteiger partial charge is 0.320 e. The Kier molecular flexibility index (Phi) is 4.95. The lowest BCUT2D eigenvalue weighted by Crippen LogP contribution is -2.08. The minimum absolute atomic E-state index is 0.0178. The van der Waals surface area contributed by atoms with E-state index in [0.29, 0.717) is 20.6 Å². The molecule has 1 heterocycles. The van der Waals surface area contributed by atoms with Crippen molar-refractivity contribution in [2.45, 2.75) is 0 Å². The van der Waals surface area contributed by atoms with Crippen LogP contribution in [0, 0.1) is 10.1 Å². The van der Waals surface area contributed by atoms with Gasteiger partial charge in [-0.25, -0.2) is 0 Å². The summed E-state index contributed by atoms with van der Waals surface area (Å²) in [6.45, 7) is 0. The number of carbonyl (C=O) groups excluding carboxylic acids is 1. The van der Waals surface area contributed by atoms with Gasteiger partial charge < -0.3 is 5.32 Å². The van der Waals surface area contributed by atoms with Crippen molar-refractivity contribution in [3.8, 4) is 0 Å². The molecule has 0 spiro atoms. The molecule has 108 valence electrons. The molecule has 5 nitrogen and oxygen atoms in total. The number of rotatable bonds is 4. The maximum absolute atomic E-state index is 11.8. The fourth-order valence-corrected chi connectivity index (χ4v) is 2.69. The SMILES string of the molecule is O=C(/C=C/c1ccc([N+](=O)[O-])s1)Nc1c(Cl)cccc1Cl. The number of nitro groups is 1. The third kappa shape index (κ3) is 4.04. The zero-order chi connectivity index (χ0) is 15.4. The van der Waals surface area contributed by atoms with Crippen LogP contribution in [0.5, 0.6) is 0 Å². The Bertz CT molecular complexity index is 708. The van der Waals surface area contributed by atoms with E-state index in [2.05, 4.69) is 5.32 Å². The van der Waals surface area contributed by atoms with Crippen molar-refractivity contribution in [2.75, 3.05) is 5.32 Å². The largest absolute Gasteiger partial charge is 0.324 e.